The van der Waals surface area contributed by atoms with Gasteiger partial charge in [0.25, 0.3) is 0 Å². The predicted molar refractivity (Wildman–Crippen MR) is 72.1 cm³/mol. The van der Waals surface area contributed by atoms with Gasteiger partial charge in [0.15, 0.2) is 0 Å². The highest BCUT2D eigenvalue weighted by Gasteiger charge is 2.40. The van der Waals surface area contributed by atoms with E-state index < -0.39 is 0 Å². The highest BCUT2D eigenvalue weighted by atomic mass is 19.1. The van der Waals surface area contributed by atoms with Crippen LogP contribution in [0, 0.1) is 5.92 Å². The highest BCUT2D eigenvalue weighted by Crippen LogP contribution is 2.40. The summed E-state index contributed by atoms with van der Waals surface area (Å²) in [6, 6.07) is 11.2. The summed E-state index contributed by atoms with van der Waals surface area (Å²) in [6.45, 7) is 1.97. The highest BCUT2D eigenvalue weighted by molar-refractivity contribution is 5.22. The minimum absolute atomic E-state index is 0.0731. The average molecular weight is 245 g/mol. The van der Waals surface area contributed by atoms with Crippen molar-refractivity contribution in [2.75, 3.05) is 6.67 Å². The number of halogens is 1. The molecule has 2 heterocycles. The molecule has 2 aliphatic heterocycles. The summed E-state index contributed by atoms with van der Waals surface area (Å²) in [5.41, 5.74) is 1.29. The van der Waals surface area contributed by atoms with Gasteiger partial charge in [-0.25, -0.2) is 4.39 Å². The quantitative estimate of drug-likeness (QED) is 0.733. The van der Waals surface area contributed by atoms with Crippen molar-refractivity contribution in [3.8, 4) is 0 Å². The predicted octanol–water partition coefficient (Wildman–Crippen LogP) is 3.74. The Kier molecular flexibility index (Phi) is 3.21. The molecule has 0 N–H and O–H groups in total. The van der Waals surface area contributed by atoms with Crippen LogP contribution in [0.2, 0.25) is 0 Å². The minimum Gasteiger partial charge on any atom is -0.284 e. The number of piperidine rings is 1. The number of rotatable bonds is 3. The van der Waals surface area contributed by atoms with Gasteiger partial charge in [-0.1, -0.05) is 42.5 Å². The molecule has 0 unspecified atom stereocenters. The molecule has 96 valence electrons. The summed E-state index contributed by atoms with van der Waals surface area (Å²) in [7, 11) is 0. The lowest BCUT2D eigenvalue weighted by Gasteiger charge is -2.50. The SMILES string of the molecule is C[C@H](c1ccccc1)N1[C@@H]2C=C[C@@H](CC2)[C@H]1CF. The minimum atomic E-state index is -0.233. The lowest BCUT2D eigenvalue weighted by atomic mass is 9.79. The van der Waals surface area contributed by atoms with Crippen LogP contribution in [-0.2, 0) is 0 Å². The van der Waals surface area contributed by atoms with Gasteiger partial charge in [-0.2, -0.15) is 0 Å². The smallest absolute Gasteiger partial charge is 0.106 e. The monoisotopic (exact) mass is 245 g/mol. The summed E-state index contributed by atoms with van der Waals surface area (Å²) < 4.78 is 13.4. The molecule has 0 radical (unpaired) electrons. The maximum Gasteiger partial charge on any atom is 0.106 e. The molecule has 1 aromatic carbocycles. The molecule has 2 heteroatoms. The van der Waals surface area contributed by atoms with Gasteiger partial charge in [-0.05, 0) is 31.2 Å². The van der Waals surface area contributed by atoms with Crippen LogP contribution in [0.4, 0.5) is 4.39 Å². The van der Waals surface area contributed by atoms with Crippen molar-refractivity contribution in [1.29, 1.82) is 0 Å². The van der Waals surface area contributed by atoms with E-state index in [9.17, 15) is 4.39 Å². The number of hydrogen-bond donors (Lipinski definition) is 0. The Balaban J connectivity index is 1.89. The maximum atomic E-state index is 13.4. The Bertz CT molecular complexity index is 428. The molecule has 18 heavy (non-hydrogen) atoms. The summed E-state index contributed by atoms with van der Waals surface area (Å²) >= 11 is 0. The van der Waals surface area contributed by atoms with Gasteiger partial charge in [0.05, 0.1) is 0 Å². The first-order valence-electron chi connectivity index (χ1n) is 6.88. The molecule has 0 aromatic heterocycles. The van der Waals surface area contributed by atoms with E-state index in [1.54, 1.807) is 0 Å². The van der Waals surface area contributed by atoms with Crippen molar-refractivity contribution < 1.29 is 4.39 Å². The number of benzene rings is 1. The van der Waals surface area contributed by atoms with Crippen LogP contribution in [0.5, 0.6) is 0 Å². The molecule has 1 aliphatic carbocycles. The van der Waals surface area contributed by atoms with Crippen molar-refractivity contribution in [2.45, 2.75) is 37.9 Å². The lowest BCUT2D eigenvalue weighted by Crippen LogP contribution is -2.54. The van der Waals surface area contributed by atoms with Crippen molar-refractivity contribution in [1.82, 2.24) is 4.90 Å². The molecular formula is C16H20FN. The first-order chi connectivity index (χ1) is 8.81. The Morgan fingerprint density at radius 3 is 2.61 bits per heavy atom. The molecular weight excluding hydrogens is 225 g/mol. The van der Waals surface area contributed by atoms with Crippen LogP contribution in [0.3, 0.4) is 0 Å². The lowest BCUT2D eigenvalue weighted by molar-refractivity contribution is 0.0155. The van der Waals surface area contributed by atoms with Crippen LogP contribution in [0.1, 0.15) is 31.4 Å². The molecule has 4 rings (SSSR count). The van der Waals surface area contributed by atoms with Crippen LogP contribution in [0.25, 0.3) is 0 Å². The standard InChI is InChI=1S/C16H20FN/c1-12(13-5-3-2-4-6-13)18-15-9-7-14(8-10-15)16(18)11-17/h2-7,9,12,14-16H,8,10-11H2,1H3/t12-,14+,15-,16-/m1/s1. The molecule has 1 saturated heterocycles. The fourth-order valence-corrected chi connectivity index (χ4v) is 3.53. The Labute approximate surface area is 108 Å². The summed E-state index contributed by atoms with van der Waals surface area (Å²) in [6.07, 6.45) is 6.83. The Morgan fingerprint density at radius 1 is 1.22 bits per heavy atom. The van der Waals surface area contributed by atoms with E-state index in [-0.39, 0.29) is 12.7 Å². The molecule has 2 bridgehead atoms. The van der Waals surface area contributed by atoms with Crippen molar-refractivity contribution in [3.05, 3.63) is 48.0 Å². The van der Waals surface area contributed by atoms with Crippen LogP contribution >= 0.6 is 0 Å². The molecule has 0 amide bonds. The topological polar surface area (TPSA) is 3.24 Å². The third kappa shape index (κ3) is 1.89. The summed E-state index contributed by atoms with van der Waals surface area (Å²) in [5, 5.41) is 0. The molecule has 1 fully saturated rings. The van der Waals surface area contributed by atoms with E-state index in [0.717, 1.165) is 6.42 Å². The van der Waals surface area contributed by atoms with E-state index in [0.29, 0.717) is 18.0 Å². The van der Waals surface area contributed by atoms with Gasteiger partial charge in [-0.15, -0.1) is 0 Å². The van der Waals surface area contributed by atoms with Gasteiger partial charge in [0.2, 0.25) is 0 Å². The second-order valence-electron chi connectivity index (χ2n) is 5.45. The number of hydrogen-bond acceptors (Lipinski definition) is 1. The van der Waals surface area contributed by atoms with Crippen molar-refractivity contribution in [3.63, 3.8) is 0 Å². The van der Waals surface area contributed by atoms with Crippen LogP contribution in [-0.4, -0.2) is 23.7 Å². The molecule has 0 saturated carbocycles. The van der Waals surface area contributed by atoms with E-state index in [1.807, 2.05) is 6.07 Å². The van der Waals surface area contributed by atoms with Crippen molar-refractivity contribution in [2.24, 2.45) is 5.92 Å². The first-order valence-corrected chi connectivity index (χ1v) is 6.88. The van der Waals surface area contributed by atoms with Gasteiger partial charge in [-0.3, -0.25) is 4.90 Å². The fraction of sp³-hybridized carbons (Fsp3) is 0.500. The number of fused-ring (bicyclic) bond motifs is 2. The zero-order valence-corrected chi connectivity index (χ0v) is 10.8. The second kappa shape index (κ2) is 4.85. The zero-order chi connectivity index (χ0) is 12.5. The molecule has 1 aromatic rings. The fourth-order valence-electron chi connectivity index (χ4n) is 3.53. The van der Waals surface area contributed by atoms with Crippen LogP contribution in [0.15, 0.2) is 42.5 Å². The Hall–Kier alpha value is -1.15. The summed E-state index contributed by atoms with van der Waals surface area (Å²) in [4.78, 5) is 2.38. The summed E-state index contributed by atoms with van der Waals surface area (Å²) in [5.74, 6) is 0.408. The largest absolute Gasteiger partial charge is 0.284 e. The van der Waals surface area contributed by atoms with E-state index in [2.05, 4.69) is 48.2 Å². The Morgan fingerprint density at radius 2 is 2.00 bits per heavy atom. The third-order valence-electron chi connectivity index (χ3n) is 4.52. The average Bonchev–Trinajstić information content (AvgIpc) is 2.47. The van der Waals surface area contributed by atoms with Gasteiger partial charge < -0.3 is 0 Å². The first kappa shape index (κ1) is 11.9. The van der Waals surface area contributed by atoms with Gasteiger partial charge >= 0.3 is 0 Å². The van der Waals surface area contributed by atoms with Crippen molar-refractivity contribution >= 4 is 0 Å². The molecule has 4 atom stereocenters. The normalized spacial score (nSPS) is 32.7. The zero-order valence-electron chi connectivity index (χ0n) is 10.8. The molecule has 0 spiro atoms. The molecule has 1 nitrogen and oxygen atoms in total. The van der Waals surface area contributed by atoms with E-state index in [4.69, 9.17) is 0 Å². The number of alkyl halides is 1. The number of nitrogens with zero attached hydrogens (tertiary/aromatic N) is 1. The molecule has 3 aliphatic rings. The third-order valence-corrected chi connectivity index (χ3v) is 4.52. The van der Waals surface area contributed by atoms with Crippen LogP contribution < -0.4 is 0 Å². The van der Waals surface area contributed by atoms with E-state index >= 15 is 0 Å². The van der Waals surface area contributed by atoms with Gasteiger partial charge in [0, 0.05) is 18.1 Å². The van der Waals surface area contributed by atoms with Gasteiger partial charge in [0.1, 0.15) is 6.67 Å². The second-order valence-corrected chi connectivity index (χ2v) is 5.45. The maximum absolute atomic E-state index is 13.4. The van der Waals surface area contributed by atoms with E-state index in [1.165, 1.54) is 12.0 Å².